The molecule has 2 saturated carbocycles. The summed E-state index contributed by atoms with van der Waals surface area (Å²) in [5.41, 5.74) is 0.303. The molecule has 0 radical (unpaired) electrons. The van der Waals surface area contributed by atoms with E-state index in [2.05, 4.69) is 12.1 Å². The fourth-order valence-electron chi connectivity index (χ4n) is 6.69. The van der Waals surface area contributed by atoms with Gasteiger partial charge in [0, 0.05) is 52.8 Å². The number of aryl methyl sites for hydroxylation is 1. The molecule has 264 valence electrons. The van der Waals surface area contributed by atoms with Gasteiger partial charge in [-0.3, -0.25) is 14.6 Å². The highest BCUT2D eigenvalue weighted by Crippen LogP contribution is 2.55. The minimum absolute atomic E-state index is 0.0700. The van der Waals surface area contributed by atoms with Crippen LogP contribution >= 0.6 is 35.1 Å². The standard InChI is InChI=1S/C41H46ClNO5S2/c1-39(2,48)33-9-4-3-6-27(33)12-15-35(49-25-40(16-17-40)23-37(44)45)29-7-5-8-30(20-29)36(50-26-41(18-19-41)24-38(46)47)22-32-14-11-28-10-13-31(42)21-34(28)43-32/h3-11,13-14,20-21,35-36,48H,12,15-19,22-26H2,1-2H3,(H,44,45)(H,46,47)/t35-,36?/m1/s1/i1D3,2D3. The molecule has 2 atom stereocenters. The molecule has 3 aromatic carbocycles. The largest absolute Gasteiger partial charge is 0.481 e. The molecule has 4 aromatic rings. The van der Waals surface area contributed by atoms with E-state index in [0.29, 0.717) is 34.9 Å². The number of hydrogen-bond acceptors (Lipinski definition) is 6. The molecule has 0 aliphatic heterocycles. The predicted molar refractivity (Wildman–Crippen MR) is 205 cm³/mol. The zero-order chi connectivity index (χ0) is 40.5. The Labute approximate surface area is 316 Å². The van der Waals surface area contributed by atoms with Crippen molar-refractivity contribution in [2.75, 3.05) is 11.5 Å². The molecule has 6 rings (SSSR count). The van der Waals surface area contributed by atoms with E-state index in [-0.39, 0.29) is 46.2 Å². The Morgan fingerprint density at radius 1 is 0.860 bits per heavy atom. The summed E-state index contributed by atoms with van der Waals surface area (Å²) in [5.74, 6) is -0.367. The fourth-order valence-corrected chi connectivity index (χ4v) is 10.00. The maximum Gasteiger partial charge on any atom is 0.303 e. The molecule has 3 N–H and O–H groups in total. The highest BCUT2D eigenvalue weighted by molar-refractivity contribution is 7.99. The van der Waals surface area contributed by atoms with Gasteiger partial charge in [-0.15, -0.1) is 0 Å². The van der Waals surface area contributed by atoms with Crippen LogP contribution < -0.4 is 0 Å². The van der Waals surface area contributed by atoms with E-state index in [4.69, 9.17) is 24.8 Å². The molecular weight excluding hydrogens is 686 g/mol. The lowest BCUT2D eigenvalue weighted by molar-refractivity contribution is -0.139. The number of aliphatic hydroxyl groups is 1. The number of thioether (sulfide) groups is 2. The van der Waals surface area contributed by atoms with Crippen LogP contribution in [0.5, 0.6) is 0 Å². The summed E-state index contributed by atoms with van der Waals surface area (Å²) in [5, 5.41) is 32.0. The van der Waals surface area contributed by atoms with Crippen LogP contribution in [0.1, 0.15) is 105 Å². The summed E-state index contributed by atoms with van der Waals surface area (Å²) >= 11 is 9.67. The zero-order valence-electron chi connectivity index (χ0n) is 33.7. The van der Waals surface area contributed by atoms with Gasteiger partial charge in [0.2, 0.25) is 0 Å². The summed E-state index contributed by atoms with van der Waals surface area (Å²) in [6.07, 6.45) is 4.84. The van der Waals surface area contributed by atoms with E-state index in [1.54, 1.807) is 35.7 Å². The molecule has 0 saturated heterocycles. The van der Waals surface area contributed by atoms with Crippen molar-refractivity contribution in [1.82, 2.24) is 4.98 Å². The number of carbonyl (C=O) groups is 2. The van der Waals surface area contributed by atoms with Crippen LogP contribution in [0.25, 0.3) is 10.9 Å². The van der Waals surface area contributed by atoms with Crippen molar-refractivity contribution in [1.29, 1.82) is 0 Å². The molecule has 0 spiro atoms. The molecule has 6 nitrogen and oxygen atoms in total. The van der Waals surface area contributed by atoms with Crippen molar-refractivity contribution >= 4 is 58.0 Å². The number of pyridine rings is 1. The molecule has 1 aromatic heterocycles. The third-order valence-electron chi connectivity index (χ3n) is 9.99. The van der Waals surface area contributed by atoms with E-state index in [0.717, 1.165) is 53.4 Å². The Kier molecular flexibility index (Phi) is 9.03. The Hall–Kier alpha value is -3.04. The first-order valence-corrected chi connectivity index (χ1v) is 19.4. The van der Waals surface area contributed by atoms with Gasteiger partial charge >= 0.3 is 11.9 Å². The Bertz CT molecular complexity index is 2060. The Morgan fingerprint density at radius 2 is 1.48 bits per heavy atom. The number of halogens is 1. The van der Waals surface area contributed by atoms with Gasteiger partial charge in [-0.25, -0.2) is 0 Å². The second-order valence-electron chi connectivity index (χ2n) is 14.2. The van der Waals surface area contributed by atoms with Crippen LogP contribution in [0.2, 0.25) is 5.02 Å². The van der Waals surface area contributed by atoms with Crippen molar-refractivity contribution in [2.45, 2.75) is 87.6 Å². The van der Waals surface area contributed by atoms with E-state index in [1.165, 1.54) is 12.1 Å². The van der Waals surface area contributed by atoms with E-state index < -0.39 is 31.2 Å². The number of hydrogen-bond donors (Lipinski definition) is 3. The predicted octanol–water partition coefficient (Wildman–Crippen LogP) is 10.0. The third-order valence-corrected chi connectivity index (χ3v) is 13.5. The monoisotopic (exact) mass is 737 g/mol. The number of rotatable bonds is 18. The van der Waals surface area contributed by atoms with Crippen LogP contribution in [0, 0.1) is 10.8 Å². The average molecular weight is 738 g/mol. The number of aliphatic carboxylic acids is 2. The maximum absolute atomic E-state index is 11.8. The van der Waals surface area contributed by atoms with E-state index in [9.17, 15) is 24.9 Å². The number of benzene rings is 3. The van der Waals surface area contributed by atoms with Crippen molar-refractivity contribution < 1.29 is 33.1 Å². The summed E-state index contributed by atoms with van der Waals surface area (Å²) in [7, 11) is 0. The molecule has 2 aliphatic rings. The zero-order valence-corrected chi connectivity index (χ0v) is 30.1. The molecule has 2 fully saturated rings. The average Bonchev–Trinajstić information content (AvgIpc) is 4.06. The van der Waals surface area contributed by atoms with Crippen LogP contribution in [0.15, 0.2) is 78.9 Å². The molecular formula is C41H46ClNO5S2. The normalized spacial score (nSPS) is 19.6. The number of nitrogens with zero attached hydrogens (tertiary/aromatic N) is 1. The van der Waals surface area contributed by atoms with Crippen LogP contribution in [0.3, 0.4) is 0 Å². The van der Waals surface area contributed by atoms with Gasteiger partial charge in [-0.1, -0.05) is 72.3 Å². The highest BCUT2D eigenvalue weighted by atomic mass is 35.5. The molecule has 2 aliphatic carbocycles. The number of aromatic nitrogens is 1. The lowest BCUT2D eigenvalue weighted by Crippen LogP contribution is -2.18. The van der Waals surface area contributed by atoms with Gasteiger partial charge in [-0.2, -0.15) is 23.5 Å². The smallest absolute Gasteiger partial charge is 0.303 e. The first-order chi connectivity index (χ1) is 26.3. The Balaban J connectivity index is 1.33. The van der Waals surface area contributed by atoms with Crippen molar-refractivity contribution in [3.8, 4) is 0 Å². The van der Waals surface area contributed by atoms with Gasteiger partial charge in [0.05, 0.1) is 24.0 Å². The van der Waals surface area contributed by atoms with E-state index in [1.807, 2.05) is 42.5 Å². The topological polar surface area (TPSA) is 108 Å². The summed E-state index contributed by atoms with van der Waals surface area (Å²) in [6.45, 7) is -6.46. The number of fused-ring (bicyclic) bond motifs is 1. The van der Waals surface area contributed by atoms with Crippen LogP contribution in [-0.4, -0.2) is 43.7 Å². The summed E-state index contributed by atoms with van der Waals surface area (Å²) in [4.78, 5) is 28.4. The molecule has 0 amide bonds. The lowest BCUT2D eigenvalue weighted by atomic mass is 9.90. The summed E-state index contributed by atoms with van der Waals surface area (Å²) < 4.78 is 48.3. The summed E-state index contributed by atoms with van der Waals surface area (Å²) in [6, 6.07) is 24.1. The van der Waals surface area contributed by atoms with Gasteiger partial charge in [-0.05, 0) is 104 Å². The highest BCUT2D eigenvalue weighted by Gasteiger charge is 2.45. The van der Waals surface area contributed by atoms with Gasteiger partial charge in [0.25, 0.3) is 0 Å². The van der Waals surface area contributed by atoms with Crippen LogP contribution in [-0.2, 0) is 28.0 Å². The van der Waals surface area contributed by atoms with Crippen molar-refractivity contribution in [2.24, 2.45) is 10.8 Å². The first kappa shape index (κ1) is 29.5. The van der Waals surface area contributed by atoms with Gasteiger partial charge < -0.3 is 15.3 Å². The van der Waals surface area contributed by atoms with Crippen LogP contribution in [0.4, 0.5) is 0 Å². The molecule has 9 heteroatoms. The maximum atomic E-state index is 11.8. The van der Waals surface area contributed by atoms with Crippen molar-refractivity contribution in [3.63, 3.8) is 0 Å². The number of carboxylic acids is 2. The number of carboxylic acid groups (broad SMARTS) is 2. The lowest BCUT2D eigenvalue weighted by Gasteiger charge is -2.25. The van der Waals surface area contributed by atoms with Crippen molar-refractivity contribution in [3.05, 3.63) is 112 Å². The van der Waals surface area contributed by atoms with E-state index >= 15 is 0 Å². The Morgan fingerprint density at radius 3 is 2.12 bits per heavy atom. The SMILES string of the molecule is [2H]C([2H])([2H])C(O)(c1ccccc1CC[C@@H](SCC1(CC(=O)O)CC1)c1cccc(C(Cc2ccc3ccc(Cl)cc3n2)SCC2(CC(=O)O)CC2)c1)C([2H])([2H])[2H]. The molecule has 50 heavy (non-hydrogen) atoms. The minimum atomic E-state index is -3.23. The first-order valence-electron chi connectivity index (χ1n) is 19.9. The minimum Gasteiger partial charge on any atom is -0.481 e. The molecule has 0 bridgehead atoms. The molecule has 1 heterocycles. The van der Waals surface area contributed by atoms with Gasteiger partial charge in [0.15, 0.2) is 0 Å². The quantitative estimate of drug-likeness (QED) is 0.0927. The fraction of sp³-hybridized carbons (Fsp3) is 0.439. The third kappa shape index (κ3) is 9.64. The molecule has 1 unspecified atom stereocenters. The van der Waals surface area contributed by atoms with Gasteiger partial charge in [0.1, 0.15) is 0 Å². The second kappa shape index (κ2) is 15.3. The second-order valence-corrected chi connectivity index (χ2v) is 17.0.